The average Bonchev–Trinajstić information content (AvgIpc) is 2.47. The Morgan fingerprint density at radius 1 is 1.57 bits per heavy atom. The molecule has 0 spiro atoms. The van der Waals surface area contributed by atoms with Crippen molar-refractivity contribution in [2.75, 3.05) is 6.61 Å². The maximum Gasteiger partial charge on any atom is 0.0582 e. The van der Waals surface area contributed by atoms with Gasteiger partial charge < -0.3 is 10.4 Å². The van der Waals surface area contributed by atoms with E-state index in [4.69, 9.17) is 5.11 Å². The number of nitrogens with one attached hydrogen (secondary N) is 1. The molecule has 0 fully saturated rings. The number of aryl methyl sites for hydroxylation is 1. The van der Waals surface area contributed by atoms with Crippen LogP contribution in [0.4, 0.5) is 0 Å². The van der Waals surface area contributed by atoms with Crippen LogP contribution in [0.15, 0.2) is 6.20 Å². The van der Waals surface area contributed by atoms with E-state index < -0.39 is 0 Å². The number of aliphatic hydroxyl groups excluding tert-OH is 1. The Morgan fingerprint density at radius 3 is 2.64 bits per heavy atom. The molecule has 0 aromatic carbocycles. The average molecular weight is 197 g/mol. The minimum absolute atomic E-state index is 0.115. The third-order valence-corrected chi connectivity index (χ3v) is 2.55. The number of aromatic nitrogens is 2. The van der Waals surface area contributed by atoms with E-state index in [1.807, 2.05) is 31.8 Å². The second kappa shape index (κ2) is 4.57. The first-order chi connectivity index (χ1) is 6.56. The smallest absolute Gasteiger partial charge is 0.0582 e. The molecule has 0 bridgehead atoms. The van der Waals surface area contributed by atoms with Crippen molar-refractivity contribution in [1.29, 1.82) is 0 Å². The summed E-state index contributed by atoms with van der Waals surface area (Å²) in [6.07, 6.45) is 1.87. The van der Waals surface area contributed by atoms with Crippen LogP contribution in [0.5, 0.6) is 0 Å². The largest absolute Gasteiger partial charge is 0.395 e. The molecule has 2 atom stereocenters. The van der Waals surface area contributed by atoms with Crippen LogP contribution in [-0.2, 0) is 7.05 Å². The van der Waals surface area contributed by atoms with Gasteiger partial charge in [0.15, 0.2) is 0 Å². The molecule has 2 unspecified atom stereocenters. The summed E-state index contributed by atoms with van der Waals surface area (Å²) in [5, 5.41) is 16.4. The molecular formula is C10H19N3O. The van der Waals surface area contributed by atoms with E-state index in [-0.39, 0.29) is 18.7 Å². The number of nitrogens with zero attached hydrogens (tertiary/aromatic N) is 2. The fourth-order valence-corrected chi connectivity index (χ4v) is 1.51. The molecule has 1 heterocycles. The van der Waals surface area contributed by atoms with Crippen molar-refractivity contribution in [2.24, 2.45) is 7.05 Å². The molecule has 4 nitrogen and oxygen atoms in total. The van der Waals surface area contributed by atoms with Crippen LogP contribution in [0.1, 0.15) is 31.1 Å². The summed E-state index contributed by atoms with van der Waals surface area (Å²) in [6.45, 7) is 6.24. The maximum atomic E-state index is 8.92. The zero-order chi connectivity index (χ0) is 10.7. The molecule has 0 radical (unpaired) electrons. The predicted molar refractivity (Wildman–Crippen MR) is 56.0 cm³/mol. The van der Waals surface area contributed by atoms with Gasteiger partial charge in [-0.3, -0.25) is 4.68 Å². The predicted octanol–water partition coefficient (Wildman–Crippen LogP) is 0.760. The van der Waals surface area contributed by atoms with Gasteiger partial charge in [0.2, 0.25) is 0 Å². The van der Waals surface area contributed by atoms with Crippen LogP contribution in [0.3, 0.4) is 0 Å². The molecule has 0 aliphatic rings. The first kappa shape index (κ1) is 11.2. The van der Waals surface area contributed by atoms with E-state index in [1.54, 1.807) is 0 Å². The van der Waals surface area contributed by atoms with E-state index in [2.05, 4.69) is 17.3 Å². The van der Waals surface area contributed by atoms with E-state index in [9.17, 15) is 0 Å². The third kappa shape index (κ3) is 2.33. The second-order valence-corrected chi connectivity index (χ2v) is 3.78. The van der Waals surface area contributed by atoms with Gasteiger partial charge in [0, 0.05) is 30.4 Å². The quantitative estimate of drug-likeness (QED) is 0.749. The lowest BCUT2D eigenvalue weighted by Crippen LogP contribution is -2.31. The third-order valence-electron chi connectivity index (χ3n) is 2.55. The molecule has 2 N–H and O–H groups in total. The second-order valence-electron chi connectivity index (χ2n) is 3.78. The molecule has 0 aliphatic heterocycles. The van der Waals surface area contributed by atoms with E-state index in [0.717, 1.165) is 5.69 Å². The van der Waals surface area contributed by atoms with Crippen molar-refractivity contribution in [2.45, 2.75) is 32.9 Å². The normalized spacial score (nSPS) is 15.5. The highest BCUT2D eigenvalue weighted by Crippen LogP contribution is 2.16. The molecule has 1 aromatic heterocycles. The molecule has 0 saturated carbocycles. The molecule has 0 amide bonds. The molecule has 0 saturated heterocycles. The Hall–Kier alpha value is -0.870. The summed E-state index contributed by atoms with van der Waals surface area (Å²) >= 11 is 0. The van der Waals surface area contributed by atoms with Crippen LogP contribution >= 0.6 is 0 Å². The molecule has 4 heteroatoms. The summed E-state index contributed by atoms with van der Waals surface area (Å²) in [5.74, 6) is 0. The number of aliphatic hydroxyl groups is 1. The monoisotopic (exact) mass is 197 g/mol. The lowest BCUT2D eigenvalue weighted by Gasteiger charge is -2.17. The highest BCUT2D eigenvalue weighted by atomic mass is 16.3. The Labute approximate surface area is 84.9 Å². The minimum Gasteiger partial charge on any atom is -0.395 e. The number of hydrogen-bond donors (Lipinski definition) is 2. The van der Waals surface area contributed by atoms with E-state index >= 15 is 0 Å². The molecule has 14 heavy (non-hydrogen) atoms. The fraction of sp³-hybridized carbons (Fsp3) is 0.700. The lowest BCUT2D eigenvalue weighted by atomic mass is 10.1. The molecule has 80 valence electrons. The number of rotatable bonds is 4. The first-order valence-corrected chi connectivity index (χ1v) is 4.91. The summed E-state index contributed by atoms with van der Waals surface area (Å²) in [6, 6.07) is 0.343. The topological polar surface area (TPSA) is 50.1 Å². The Bertz CT molecular complexity index is 296. The van der Waals surface area contributed by atoms with Crippen molar-refractivity contribution in [1.82, 2.24) is 15.1 Å². The van der Waals surface area contributed by atoms with Gasteiger partial charge in [0.1, 0.15) is 0 Å². The number of hydrogen-bond acceptors (Lipinski definition) is 3. The summed E-state index contributed by atoms with van der Waals surface area (Å²) in [4.78, 5) is 0. The maximum absolute atomic E-state index is 8.92. The van der Waals surface area contributed by atoms with E-state index in [0.29, 0.717) is 0 Å². The van der Waals surface area contributed by atoms with Gasteiger partial charge in [-0.2, -0.15) is 5.10 Å². The Kier molecular flexibility index (Phi) is 3.66. The van der Waals surface area contributed by atoms with Gasteiger partial charge >= 0.3 is 0 Å². The van der Waals surface area contributed by atoms with Crippen molar-refractivity contribution >= 4 is 0 Å². The van der Waals surface area contributed by atoms with Crippen LogP contribution in [0.25, 0.3) is 0 Å². The van der Waals surface area contributed by atoms with Crippen molar-refractivity contribution in [3.63, 3.8) is 0 Å². The molecule has 1 aromatic rings. The summed E-state index contributed by atoms with van der Waals surface area (Å²) in [5.41, 5.74) is 2.35. The fourth-order valence-electron chi connectivity index (χ4n) is 1.51. The van der Waals surface area contributed by atoms with Crippen LogP contribution in [0.2, 0.25) is 0 Å². The van der Waals surface area contributed by atoms with Crippen molar-refractivity contribution in [3.05, 3.63) is 17.5 Å². The van der Waals surface area contributed by atoms with E-state index in [1.165, 1.54) is 5.56 Å². The van der Waals surface area contributed by atoms with Crippen LogP contribution in [-0.4, -0.2) is 27.5 Å². The lowest BCUT2D eigenvalue weighted by molar-refractivity contribution is 0.243. The van der Waals surface area contributed by atoms with Gasteiger partial charge in [0.05, 0.1) is 12.8 Å². The van der Waals surface area contributed by atoms with Gasteiger partial charge in [-0.1, -0.05) is 0 Å². The van der Waals surface area contributed by atoms with Crippen molar-refractivity contribution in [3.8, 4) is 0 Å². The van der Waals surface area contributed by atoms with Crippen molar-refractivity contribution < 1.29 is 5.11 Å². The molecular weight excluding hydrogens is 178 g/mol. The molecule has 0 aliphatic carbocycles. The van der Waals surface area contributed by atoms with Gasteiger partial charge in [0.25, 0.3) is 0 Å². The first-order valence-electron chi connectivity index (χ1n) is 4.91. The SMILES string of the molecule is Cc1c(C(C)NC(C)CO)cnn1C. The minimum atomic E-state index is 0.115. The van der Waals surface area contributed by atoms with Crippen LogP contribution < -0.4 is 5.32 Å². The Morgan fingerprint density at radius 2 is 2.21 bits per heavy atom. The van der Waals surface area contributed by atoms with Crippen LogP contribution in [0, 0.1) is 6.92 Å². The summed E-state index contributed by atoms with van der Waals surface area (Å²) in [7, 11) is 1.93. The zero-order valence-corrected chi connectivity index (χ0v) is 9.28. The Balaban J connectivity index is 2.69. The zero-order valence-electron chi connectivity index (χ0n) is 9.28. The highest BCUT2D eigenvalue weighted by Gasteiger charge is 2.13. The summed E-state index contributed by atoms with van der Waals surface area (Å²) < 4.78 is 1.86. The van der Waals surface area contributed by atoms with Gasteiger partial charge in [-0.25, -0.2) is 0 Å². The van der Waals surface area contributed by atoms with Gasteiger partial charge in [-0.05, 0) is 20.8 Å². The standard InChI is InChI=1S/C10H19N3O/c1-7(6-14)12-8(2)10-5-11-13(4)9(10)3/h5,7-8,12,14H,6H2,1-4H3. The van der Waals surface area contributed by atoms with Gasteiger partial charge in [-0.15, -0.1) is 0 Å². The molecule has 1 rings (SSSR count). The highest BCUT2D eigenvalue weighted by molar-refractivity contribution is 5.19.